The first kappa shape index (κ1) is 11.6. The van der Waals surface area contributed by atoms with Gasteiger partial charge in [0.1, 0.15) is 17.3 Å². The van der Waals surface area contributed by atoms with E-state index in [0.717, 1.165) is 5.56 Å². The molecule has 0 saturated heterocycles. The molecule has 0 saturated carbocycles. The lowest BCUT2D eigenvalue weighted by atomic mass is 10.0. The number of aryl methyl sites for hydroxylation is 1. The van der Waals surface area contributed by atoms with Gasteiger partial charge in [0.05, 0.1) is 18.9 Å². The Morgan fingerprint density at radius 3 is 2.84 bits per heavy atom. The molecule has 0 amide bonds. The molecule has 0 spiro atoms. The average Bonchev–Trinajstić information content (AvgIpc) is 2.99. The van der Waals surface area contributed by atoms with Crippen LogP contribution in [0.1, 0.15) is 21.7 Å². The lowest BCUT2D eigenvalue weighted by Crippen LogP contribution is -1.99. The Kier molecular flexibility index (Phi) is 2.63. The highest BCUT2D eigenvalue weighted by molar-refractivity contribution is 6.15. The van der Waals surface area contributed by atoms with Crippen LogP contribution in [0, 0.1) is 6.92 Å². The maximum absolute atomic E-state index is 12.3. The number of rotatable bonds is 2. The van der Waals surface area contributed by atoms with Gasteiger partial charge in [0.2, 0.25) is 5.78 Å². The van der Waals surface area contributed by atoms with Gasteiger partial charge in [-0.15, -0.1) is 0 Å². The zero-order valence-corrected chi connectivity index (χ0v) is 10.6. The molecule has 0 fully saturated rings. The molecule has 0 atom stereocenters. The van der Waals surface area contributed by atoms with Gasteiger partial charge in [-0.1, -0.05) is 0 Å². The van der Waals surface area contributed by atoms with Crippen LogP contribution in [0.2, 0.25) is 0 Å². The summed E-state index contributed by atoms with van der Waals surface area (Å²) in [6.45, 7) is 1.86. The van der Waals surface area contributed by atoms with Crippen molar-refractivity contribution in [1.29, 1.82) is 0 Å². The third-order valence-corrected chi connectivity index (χ3v) is 3.00. The molecule has 3 rings (SSSR count). The Balaban J connectivity index is 2.04. The van der Waals surface area contributed by atoms with E-state index in [0.29, 0.717) is 22.8 Å². The van der Waals surface area contributed by atoms with E-state index in [1.165, 1.54) is 0 Å². The molecule has 1 aliphatic heterocycles. The van der Waals surface area contributed by atoms with Crippen LogP contribution < -0.4 is 9.47 Å². The third kappa shape index (κ3) is 1.91. The number of Topliss-reactive ketones (excluding diaryl/α,β-unsaturated/α-hetero) is 1. The predicted octanol–water partition coefficient (Wildman–Crippen LogP) is 3.21. The van der Waals surface area contributed by atoms with Crippen molar-refractivity contribution >= 4 is 11.9 Å². The summed E-state index contributed by atoms with van der Waals surface area (Å²) in [5.41, 5.74) is 1.42. The molecule has 0 aliphatic carbocycles. The first-order valence-corrected chi connectivity index (χ1v) is 5.85. The van der Waals surface area contributed by atoms with E-state index in [1.54, 1.807) is 37.6 Å². The van der Waals surface area contributed by atoms with Crippen molar-refractivity contribution in [1.82, 2.24) is 0 Å². The summed E-state index contributed by atoms with van der Waals surface area (Å²) in [6.07, 6.45) is 3.14. The molecule has 0 N–H and O–H groups in total. The fraction of sp³-hybridized carbons (Fsp3) is 0.133. The maximum Gasteiger partial charge on any atom is 0.232 e. The summed E-state index contributed by atoms with van der Waals surface area (Å²) in [4.78, 5) is 12.3. The molecular formula is C15H12O4. The first-order chi connectivity index (χ1) is 9.19. The minimum absolute atomic E-state index is 0.133. The number of hydrogen-bond donors (Lipinski definition) is 0. The summed E-state index contributed by atoms with van der Waals surface area (Å²) >= 11 is 0. The van der Waals surface area contributed by atoms with E-state index < -0.39 is 0 Å². The quantitative estimate of drug-likeness (QED) is 0.774. The predicted molar refractivity (Wildman–Crippen MR) is 69.4 cm³/mol. The number of benzene rings is 1. The molecular weight excluding hydrogens is 244 g/mol. The van der Waals surface area contributed by atoms with Gasteiger partial charge in [-0.3, -0.25) is 4.79 Å². The Morgan fingerprint density at radius 2 is 2.16 bits per heavy atom. The standard InChI is InChI=1S/C15H12O4/c1-9-6-11(17-2)8-12-14(9)15(16)13(19-12)7-10-4-3-5-18-10/h3-8H,1-2H3/b13-7-. The van der Waals surface area contributed by atoms with E-state index in [1.807, 2.05) is 13.0 Å². The molecule has 0 bridgehead atoms. The zero-order valence-electron chi connectivity index (χ0n) is 10.6. The smallest absolute Gasteiger partial charge is 0.232 e. The number of allylic oxidation sites excluding steroid dienone is 1. The minimum atomic E-state index is -0.133. The second-order valence-electron chi connectivity index (χ2n) is 4.27. The van der Waals surface area contributed by atoms with Crippen molar-refractivity contribution in [3.63, 3.8) is 0 Å². The Bertz CT molecular complexity index is 666. The minimum Gasteiger partial charge on any atom is -0.497 e. The van der Waals surface area contributed by atoms with Crippen molar-refractivity contribution in [3.8, 4) is 11.5 Å². The van der Waals surface area contributed by atoms with E-state index in [4.69, 9.17) is 13.9 Å². The van der Waals surface area contributed by atoms with Crippen LogP contribution in [0.25, 0.3) is 6.08 Å². The third-order valence-electron chi connectivity index (χ3n) is 3.00. The molecule has 4 nitrogen and oxygen atoms in total. The molecule has 0 radical (unpaired) electrons. The van der Waals surface area contributed by atoms with Crippen molar-refractivity contribution in [3.05, 3.63) is 53.2 Å². The van der Waals surface area contributed by atoms with Crippen molar-refractivity contribution < 1.29 is 18.7 Å². The van der Waals surface area contributed by atoms with Crippen LogP contribution in [-0.2, 0) is 0 Å². The zero-order chi connectivity index (χ0) is 13.4. The number of hydrogen-bond acceptors (Lipinski definition) is 4. The summed E-state index contributed by atoms with van der Waals surface area (Å²) in [5, 5.41) is 0. The summed E-state index contributed by atoms with van der Waals surface area (Å²) in [6, 6.07) is 7.05. The Labute approximate surface area is 110 Å². The van der Waals surface area contributed by atoms with Gasteiger partial charge in [0.25, 0.3) is 0 Å². The van der Waals surface area contributed by atoms with Crippen molar-refractivity contribution in [2.24, 2.45) is 0 Å². The number of methoxy groups -OCH3 is 1. The lowest BCUT2D eigenvalue weighted by Gasteiger charge is -2.04. The number of ketones is 1. The van der Waals surface area contributed by atoms with E-state index in [2.05, 4.69) is 0 Å². The fourth-order valence-corrected chi connectivity index (χ4v) is 2.10. The van der Waals surface area contributed by atoms with Crippen molar-refractivity contribution in [2.45, 2.75) is 6.92 Å². The number of ether oxygens (including phenoxy) is 2. The molecule has 2 heterocycles. The maximum atomic E-state index is 12.3. The van der Waals surface area contributed by atoms with E-state index in [9.17, 15) is 4.79 Å². The van der Waals surface area contributed by atoms with Crippen LogP contribution in [0.15, 0.2) is 40.7 Å². The van der Waals surface area contributed by atoms with Gasteiger partial charge in [-0.05, 0) is 30.7 Å². The fourth-order valence-electron chi connectivity index (χ4n) is 2.10. The molecule has 19 heavy (non-hydrogen) atoms. The number of carbonyl (C=O) groups excluding carboxylic acids is 1. The van der Waals surface area contributed by atoms with Crippen LogP contribution >= 0.6 is 0 Å². The Hall–Kier alpha value is -2.49. The van der Waals surface area contributed by atoms with Crippen LogP contribution in [0.3, 0.4) is 0 Å². The summed E-state index contributed by atoms with van der Waals surface area (Å²) in [7, 11) is 1.58. The largest absolute Gasteiger partial charge is 0.497 e. The van der Waals surface area contributed by atoms with Crippen molar-refractivity contribution in [2.75, 3.05) is 7.11 Å². The molecule has 1 aromatic carbocycles. The van der Waals surface area contributed by atoms with Gasteiger partial charge in [0.15, 0.2) is 5.76 Å². The second kappa shape index (κ2) is 4.31. The summed E-state index contributed by atoms with van der Waals surface area (Å²) in [5.74, 6) is 1.91. The number of furan rings is 1. The number of carbonyl (C=O) groups is 1. The molecule has 1 aromatic heterocycles. The van der Waals surface area contributed by atoms with E-state index in [-0.39, 0.29) is 11.5 Å². The molecule has 1 aliphatic rings. The Morgan fingerprint density at radius 1 is 1.32 bits per heavy atom. The van der Waals surface area contributed by atoms with E-state index >= 15 is 0 Å². The topological polar surface area (TPSA) is 48.7 Å². The van der Waals surface area contributed by atoms with Gasteiger partial charge in [0, 0.05) is 12.1 Å². The van der Waals surface area contributed by atoms with Gasteiger partial charge >= 0.3 is 0 Å². The molecule has 2 aromatic rings. The monoisotopic (exact) mass is 256 g/mol. The first-order valence-electron chi connectivity index (χ1n) is 5.85. The van der Waals surface area contributed by atoms with Gasteiger partial charge in [-0.25, -0.2) is 0 Å². The molecule has 4 heteroatoms. The van der Waals surface area contributed by atoms with Gasteiger partial charge < -0.3 is 13.9 Å². The highest BCUT2D eigenvalue weighted by Crippen LogP contribution is 2.37. The number of fused-ring (bicyclic) bond motifs is 1. The van der Waals surface area contributed by atoms with Crippen LogP contribution in [0.4, 0.5) is 0 Å². The normalized spacial score (nSPS) is 15.5. The summed E-state index contributed by atoms with van der Waals surface area (Å²) < 4.78 is 15.9. The second-order valence-corrected chi connectivity index (χ2v) is 4.27. The highest BCUT2D eigenvalue weighted by atomic mass is 16.5. The molecule has 96 valence electrons. The average molecular weight is 256 g/mol. The van der Waals surface area contributed by atoms with Crippen LogP contribution in [0.5, 0.6) is 11.5 Å². The SMILES string of the molecule is COc1cc(C)c2c(c1)O/C(=C\c1ccco1)C2=O. The lowest BCUT2D eigenvalue weighted by molar-refractivity contribution is 0.101. The van der Waals surface area contributed by atoms with Crippen LogP contribution in [-0.4, -0.2) is 12.9 Å². The highest BCUT2D eigenvalue weighted by Gasteiger charge is 2.30. The molecule has 0 unspecified atom stereocenters. The van der Waals surface area contributed by atoms with Gasteiger partial charge in [-0.2, -0.15) is 0 Å².